The van der Waals surface area contributed by atoms with E-state index in [0.29, 0.717) is 61.9 Å². The lowest BCUT2D eigenvalue weighted by Crippen LogP contribution is -2.53. The zero-order chi connectivity index (χ0) is 103. The maximum absolute atomic E-state index is 13.9. The first kappa shape index (κ1) is 103. The number of nitrogens with one attached hydrogen (secondary N) is 2. The van der Waals surface area contributed by atoms with Gasteiger partial charge in [-0.25, -0.2) is 35.0 Å². The molecule has 10 aromatic carbocycles. The van der Waals surface area contributed by atoms with Crippen LogP contribution in [0, 0.1) is 42.5 Å². The van der Waals surface area contributed by atoms with Gasteiger partial charge in [0.05, 0.1) is 36.1 Å². The van der Waals surface area contributed by atoms with Crippen LogP contribution in [0.5, 0.6) is 0 Å². The largest absolute Gasteiger partial charge is 0.399 e. The van der Waals surface area contributed by atoms with Gasteiger partial charge in [0.1, 0.15) is 17.7 Å². The molecule has 742 valence electrons. The minimum absolute atomic E-state index is 0.0312. The summed E-state index contributed by atoms with van der Waals surface area (Å²) in [5.74, 6) is -0.0303. The number of hydroxylamine groups is 2. The fraction of sp³-hybridized carbons (Fsp3) is 0.246. The first-order valence-electron chi connectivity index (χ1n) is 47.6. The molecule has 31 heteroatoms. The number of rotatable bonds is 23. The number of aliphatic imine (C=N–C) groups is 5. The molecule has 0 spiro atoms. The number of halogens is 1. The van der Waals surface area contributed by atoms with Crippen molar-refractivity contribution in [1.29, 1.82) is 5.26 Å². The van der Waals surface area contributed by atoms with E-state index in [9.17, 15) is 33.6 Å². The molecule has 0 saturated carbocycles. The van der Waals surface area contributed by atoms with Crippen LogP contribution in [0.15, 0.2) is 332 Å². The Kier molecular flexibility index (Phi) is 31.5. The average molecular weight is 2000 g/mol. The van der Waals surface area contributed by atoms with E-state index < -0.39 is 33.6 Å². The summed E-state index contributed by atoms with van der Waals surface area (Å²) in [5, 5.41) is 24.3. The van der Waals surface area contributed by atoms with Crippen molar-refractivity contribution in [2.75, 3.05) is 75.2 Å². The van der Waals surface area contributed by atoms with Crippen LogP contribution >= 0.6 is 34.0 Å². The predicted octanol–water partition coefficient (Wildman–Crippen LogP) is 19.2. The smallest absolute Gasteiger partial charge is 0.266 e. The number of anilines is 4. The molecule has 14 aromatic rings. The molecule has 0 aliphatic carbocycles. The molecule has 0 bridgehead atoms. The molecule has 9 heterocycles. The highest BCUT2D eigenvalue weighted by atomic mass is 32.1. The summed E-state index contributed by atoms with van der Waals surface area (Å²) in [5.41, 5.74) is 48.9. The van der Waals surface area contributed by atoms with Crippen LogP contribution in [0.4, 0.5) is 27.1 Å². The minimum Gasteiger partial charge on any atom is -0.399 e. The number of carbonyl (C=O) groups is 5. The minimum atomic E-state index is -1.23. The van der Waals surface area contributed by atoms with Crippen molar-refractivity contribution < 1.29 is 33.2 Å². The van der Waals surface area contributed by atoms with Gasteiger partial charge in [0.2, 0.25) is 29.6 Å². The van der Waals surface area contributed by atoms with Gasteiger partial charge in [-0.05, 0) is 233 Å². The number of fused-ring (bicyclic) bond motifs is 1. The first-order valence-corrected chi connectivity index (χ1v) is 50.3. The fourth-order valence-electron chi connectivity index (χ4n) is 18.2. The van der Waals surface area contributed by atoms with Gasteiger partial charge >= 0.3 is 0 Å². The van der Waals surface area contributed by atoms with Gasteiger partial charge in [-0.15, -0.1) is 34.0 Å². The predicted molar refractivity (Wildman–Crippen MR) is 583 cm³/mol. The maximum atomic E-state index is 13.9. The number of hydrogen-bond donors (Lipinski definition) is 8. The Morgan fingerprint density at radius 1 is 0.552 bits per heavy atom. The quantitative estimate of drug-likeness (QED) is 0.0218. The van der Waals surface area contributed by atoms with Crippen LogP contribution in [0.2, 0.25) is 0 Å². The van der Waals surface area contributed by atoms with Gasteiger partial charge in [-0.1, -0.05) is 209 Å². The SMILES string of the molecule is CC(C)(C)CC(=O)Nc1cccc(CN2C(=O)C(c3ccccc3)(c3ccccc3)N=C2N)c1.CCN(CCN1C(=O)C(c2ccccc2)(c2ccccc2)N=C1N)c1cccc(C)c1.CN1C(=O)C(CCNc2ccccc2)[C@@](C)(c2cc(-c3cccc(C#N)c3)cs2)N=C1N.CN1OCC(C)(c2cc(-c3cccc(N)c3)cs2)N=C1N.Cc1cc(-c2cc([C@]3(C)CC(=O)N(C)C(N)=N3)cc3ccsc23)cnc1F. The number of nitrogens with two attached hydrogens (primary N) is 6. The Hall–Kier alpha value is -16.0. The van der Waals surface area contributed by atoms with E-state index in [1.54, 1.807) is 85.3 Å². The monoisotopic (exact) mass is 1990 g/mol. The Balaban J connectivity index is 0.000000137. The molecule has 2 unspecified atom stereocenters. The van der Waals surface area contributed by atoms with E-state index in [1.807, 2.05) is 283 Å². The standard InChI is InChI=1S/C28H30N4O2.C26H28N4O.C25H25N5OS.C20H19FN4OS.C15H18N4OS/c1-27(2,3)18-24(33)30-23-16-10-11-20(17-23)19-32-25(34)28(31-26(32)29,21-12-6-4-7-13-21)22-14-8-5-9-15-22;1-3-29(23-16-10-11-20(2)19-23)17-18-30-24(31)26(28-25(30)27,21-12-6-4-7-13-21)22-14-8-5-9-15-22;1-25(22-14-19(16-32-22)18-8-6-7-17(13-18)15-26)21(23(31)30(2)24(27)29-25)11-12-28-20-9-4-3-5-10-20;1-11-6-13(10-23-18(11)21)15-8-14(7-12-4-5-27-17(12)15)20(2)9-16(26)25(3)19(22)24-20;1-15(9-20-19(2)14(17)18-15)13-7-11(8-21-13)10-4-3-5-12(16)6-10/h4-17H,18-19H2,1-3H3,(H2,29,31)(H,30,33);4-16,19H,3,17-18H2,1-2H3,(H2,27,28);3-10,13-14,16,21,28H,11-12H2,1-2H3,(H2,27,29);4-8,10H,9H2,1-3H3,(H2,22,24);3-8H,9,16H2,1-2H3,(H2,17,18)/t;;21?,25-;20-;/m..00./s1. The Morgan fingerprint density at radius 2 is 1.10 bits per heavy atom. The van der Waals surface area contributed by atoms with E-state index >= 15 is 0 Å². The molecule has 145 heavy (non-hydrogen) atoms. The normalized spacial score (nSPS) is 18.3. The number of carbonyl (C=O) groups excluding carboxylic acids is 5. The molecule has 0 fully saturated rings. The average Bonchev–Trinajstić information content (AvgIpc) is 1.64. The van der Waals surface area contributed by atoms with Crippen molar-refractivity contribution in [2.24, 2.45) is 65.0 Å². The second kappa shape index (κ2) is 44.2. The number of hydrogen-bond acceptors (Lipinski definition) is 25. The zero-order valence-electron chi connectivity index (χ0n) is 83.2. The van der Waals surface area contributed by atoms with Gasteiger partial charge in [-0.3, -0.25) is 48.4 Å². The second-order valence-corrected chi connectivity index (χ2v) is 40.8. The third kappa shape index (κ3) is 23.0. The van der Waals surface area contributed by atoms with Gasteiger partial charge in [0.25, 0.3) is 11.8 Å². The Labute approximate surface area is 857 Å². The summed E-state index contributed by atoms with van der Waals surface area (Å²) in [6, 6.07) is 93.8. The number of aryl methyl sites for hydroxylation is 2. The van der Waals surface area contributed by atoms with E-state index in [0.717, 1.165) is 110 Å². The molecule has 0 radical (unpaired) electrons. The number of thiophene rings is 3. The molecule has 5 aliphatic heterocycles. The molecule has 4 aromatic heterocycles. The molecule has 4 atom stereocenters. The van der Waals surface area contributed by atoms with Crippen LogP contribution in [0.25, 0.3) is 43.5 Å². The van der Waals surface area contributed by atoms with Crippen LogP contribution in [0.3, 0.4) is 0 Å². The summed E-state index contributed by atoms with van der Waals surface area (Å²) in [7, 11) is 5.05. The summed E-state index contributed by atoms with van der Waals surface area (Å²) in [6.45, 7) is 21.2. The molecule has 5 aliphatic rings. The number of nitriles is 1. The number of nitrogen functional groups attached to an aromatic ring is 1. The summed E-state index contributed by atoms with van der Waals surface area (Å²) in [4.78, 5) is 109. The van der Waals surface area contributed by atoms with Gasteiger partial charge in [-0.2, -0.15) is 9.65 Å². The summed E-state index contributed by atoms with van der Waals surface area (Å²) < 4.78 is 14.7. The molecule has 19 rings (SSSR count). The number of aromatic nitrogens is 1. The first-order chi connectivity index (χ1) is 69.4. The molecule has 5 amide bonds. The number of para-hydroxylation sites is 1. The van der Waals surface area contributed by atoms with E-state index in [1.165, 1.54) is 25.3 Å². The highest BCUT2D eigenvalue weighted by molar-refractivity contribution is 7.17. The topological polar surface area (TPSA) is 393 Å². The molecule has 14 N–H and O–H groups in total. The molecule has 0 saturated heterocycles. The number of amides is 5. The Bertz CT molecular complexity index is 7190. The lowest BCUT2D eigenvalue weighted by Gasteiger charge is -2.40. The molecular weight excluding hydrogens is 1870 g/mol. The van der Waals surface area contributed by atoms with Crippen molar-refractivity contribution in [3.05, 3.63) is 373 Å². The zero-order valence-corrected chi connectivity index (χ0v) is 85.7. The van der Waals surface area contributed by atoms with E-state index in [-0.39, 0.29) is 77.7 Å². The van der Waals surface area contributed by atoms with E-state index in [2.05, 4.69) is 98.3 Å². The van der Waals surface area contributed by atoms with Gasteiger partial charge < -0.3 is 49.9 Å². The molecular formula is C114H120FN21O6S3. The fourth-order valence-corrected chi connectivity index (χ4v) is 21.2. The Morgan fingerprint density at radius 3 is 1.68 bits per heavy atom. The third-order valence-electron chi connectivity index (χ3n) is 26.2. The summed E-state index contributed by atoms with van der Waals surface area (Å²) >= 11 is 4.84. The summed E-state index contributed by atoms with van der Waals surface area (Å²) in [6.07, 6.45) is 2.81. The number of guanidine groups is 5. The van der Waals surface area contributed by atoms with Crippen molar-refractivity contribution in [3.63, 3.8) is 0 Å². The van der Waals surface area contributed by atoms with E-state index in [4.69, 9.17) is 54.2 Å². The number of likely N-dealkylation sites (N-methyl/N-ethyl adjacent to an activating group) is 1. The number of nitrogens with zero attached hydrogens (tertiary/aromatic N) is 13. The lowest BCUT2D eigenvalue weighted by atomic mass is 9.80. The third-order valence-corrected chi connectivity index (χ3v) is 29.5. The lowest BCUT2D eigenvalue weighted by molar-refractivity contribution is -0.134. The van der Waals surface area contributed by atoms with Gasteiger partial charge in [0, 0.05) is 114 Å². The van der Waals surface area contributed by atoms with Gasteiger partial charge in [0.15, 0.2) is 34.9 Å². The van der Waals surface area contributed by atoms with Crippen LogP contribution < -0.4 is 49.9 Å². The van der Waals surface area contributed by atoms with Crippen LogP contribution in [0.1, 0.15) is 128 Å². The highest BCUT2D eigenvalue weighted by Gasteiger charge is 2.53. The van der Waals surface area contributed by atoms with Crippen molar-refractivity contribution in [2.45, 2.75) is 116 Å². The van der Waals surface area contributed by atoms with Crippen molar-refractivity contribution in [1.82, 2.24) is 29.6 Å². The maximum Gasteiger partial charge on any atom is 0.266 e. The van der Waals surface area contributed by atoms with Crippen molar-refractivity contribution >= 4 is 126 Å². The van der Waals surface area contributed by atoms with Crippen LogP contribution in [-0.4, -0.2) is 143 Å². The highest BCUT2D eigenvalue weighted by Crippen LogP contribution is 2.48. The molecule has 27 nitrogen and oxygen atoms in total. The van der Waals surface area contributed by atoms with Crippen molar-refractivity contribution in [3.8, 4) is 39.4 Å². The number of benzene rings is 10. The number of pyridine rings is 1. The van der Waals surface area contributed by atoms with Crippen LogP contribution in [-0.2, 0) is 63.0 Å². The second-order valence-electron chi connectivity index (χ2n) is 38.0.